The highest BCUT2D eigenvalue weighted by molar-refractivity contribution is 5.93. The first-order valence-electron chi connectivity index (χ1n) is 13.8. The van der Waals surface area contributed by atoms with Gasteiger partial charge in [0.15, 0.2) is 5.82 Å². The van der Waals surface area contributed by atoms with Crippen molar-refractivity contribution in [3.63, 3.8) is 0 Å². The van der Waals surface area contributed by atoms with Gasteiger partial charge in [-0.3, -0.25) is 28.8 Å². The van der Waals surface area contributed by atoms with Gasteiger partial charge in [-0.05, 0) is 5.92 Å². The quantitative estimate of drug-likeness (QED) is 0.184. The number of esters is 1. The van der Waals surface area contributed by atoms with Gasteiger partial charge in [0.2, 0.25) is 23.6 Å². The second-order valence-electron chi connectivity index (χ2n) is 9.77. The Bertz CT molecular complexity index is 1180. The summed E-state index contributed by atoms with van der Waals surface area (Å²) in [7, 11) is 0. The normalized spacial score (nSPS) is 17.0. The van der Waals surface area contributed by atoms with Gasteiger partial charge in [0.25, 0.3) is 0 Å². The van der Waals surface area contributed by atoms with Crippen molar-refractivity contribution in [2.75, 3.05) is 13.1 Å². The third-order valence-electron chi connectivity index (χ3n) is 6.49. The SMILES string of the molecule is CC[C@H](C)[C@H](NC(=O)CCC(=O)O)C(=O)NCC(=O)N1C[C@H](OC(C)=O)C[C@H]1C(=O)NCc1nn[nH]n1.c1ccccc1. The molecule has 43 heavy (non-hydrogen) atoms. The maximum absolute atomic E-state index is 13.0. The number of nitrogens with zero attached hydrogens (tertiary/aromatic N) is 4. The molecule has 234 valence electrons. The topological polar surface area (TPSA) is 226 Å². The molecule has 0 aliphatic carbocycles. The minimum Gasteiger partial charge on any atom is -0.481 e. The first-order valence-corrected chi connectivity index (χ1v) is 13.8. The molecule has 2 aromatic rings. The van der Waals surface area contributed by atoms with Crippen LogP contribution in [0.5, 0.6) is 0 Å². The Morgan fingerprint density at radius 1 is 1.07 bits per heavy atom. The molecule has 16 heteroatoms. The number of aliphatic carboxylic acids is 1. The third-order valence-corrected chi connectivity index (χ3v) is 6.49. The molecule has 4 atom stereocenters. The molecule has 2 heterocycles. The van der Waals surface area contributed by atoms with E-state index in [1.165, 1.54) is 11.8 Å². The van der Waals surface area contributed by atoms with Crippen molar-refractivity contribution in [1.82, 2.24) is 41.5 Å². The standard InChI is InChI=1S/C21H32N8O8.C6H6/c1-4-11(2)19(24-16(31)5-6-18(33)34)21(36)23-9-17(32)29-10-13(37-12(3)30)7-14(29)20(35)22-8-15-25-27-28-26-15;1-2-4-6-5-3-1/h11,13-14,19H,4-10H2,1-3H3,(H,22,35)(H,23,36)(H,24,31)(H,33,34)(H,25,26,27,28);1-6H/t11-,13+,14-,19-;/m0./s1. The molecule has 1 saturated heterocycles. The van der Waals surface area contributed by atoms with Crippen LogP contribution in [0.25, 0.3) is 0 Å². The molecule has 5 N–H and O–H groups in total. The zero-order valence-corrected chi connectivity index (χ0v) is 24.3. The van der Waals surface area contributed by atoms with Gasteiger partial charge in [0, 0.05) is 19.8 Å². The zero-order valence-electron chi connectivity index (χ0n) is 24.3. The number of hydrogen-bond acceptors (Lipinski definition) is 10. The van der Waals surface area contributed by atoms with Crippen molar-refractivity contribution in [1.29, 1.82) is 0 Å². The number of amides is 4. The largest absolute Gasteiger partial charge is 0.481 e. The van der Waals surface area contributed by atoms with E-state index in [1.807, 2.05) is 43.3 Å². The predicted molar refractivity (Wildman–Crippen MR) is 149 cm³/mol. The molecule has 0 radical (unpaired) electrons. The molecule has 0 spiro atoms. The molecular weight excluding hydrogens is 564 g/mol. The smallest absolute Gasteiger partial charge is 0.303 e. The molecule has 4 amide bonds. The lowest BCUT2D eigenvalue weighted by Crippen LogP contribution is -2.53. The number of H-pyrrole nitrogens is 1. The van der Waals surface area contributed by atoms with Crippen molar-refractivity contribution in [2.45, 2.75) is 71.2 Å². The van der Waals surface area contributed by atoms with Crippen molar-refractivity contribution >= 4 is 35.6 Å². The Kier molecular flexibility index (Phi) is 14.2. The van der Waals surface area contributed by atoms with Crippen molar-refractivity contribution in [2.24, 2.45) is 5.92 Å². The summed E-state index contributed by atoms with van der Waals surface area (Å²) < 4.78 is 5.19. The number of rotatable bonds is 13. The molecule has 1 fully saturated rings. The number of likely N-dealkylation sites (tertiary alicyclic amines) is 1. The minimum absolute atomic E-state index is 0.0407. The zero-order chi connectivity index (χ0) is 31.8. The molecule has 1 aromatic heterocycles. The lowest BCUT2D eigenvalue weighted by atomic mass is 9.98. The lowest BCUT2D eigenvalue weighted by molar-refractivity contribution is -0.146. The van der Waals surface area contributed by atoms with Gasteiger partial charge in [-0.25, -0.2) is 0 Å². The average molecular weight is 603 g/mol. The van der Waals surface area contributed by atoms with Crippen LogP contribution in [0.1, 0.15) is 52.3 Å². The monoisotopic (exact) mass is 602 g/mol. The number of carbonyl (C=O) groups is 6. The Morgan fingerprint density at radius 2 is 1.72 bits per heavy atom. The maximum atomic E-state index is 13.0. The number of carbonyl (C=O) groups excluding carboxylic acids is 5. The Morgan fingerprint density at radius 3 is 2.26 bits per heavy atom. The lowest BCUT2D eigenvalue weighted by Gasteiger charge is -2.26. The molecule has 16 nitrogen and oxygen atoms in total. The van der Waals surface area contributed by atoms with Crippen LogP contribution < -0.4 is 16.0 Å². The van der Waals surface area contributed by atoms with Crippen LogP contribution in [-0.2, 0) is 40.0 Å². The highest BCUT2D eigenvalue weighted by Crippen LogP contribution is 2.21. The molecule has 0 saturated carbocycles. The summed E-state index contributed by atoms with van der Waals surface area (Å²) in [5, 5.41) is 29.5. The summed E-state index contributed by atoms with van der Waals surface area (Å²) in [5.41, 5.74) is 0. The number of hydrogen-bond donors (Lipinski definition) is 5. The van der Waals surface area contributed by atoms with Crippen molar-refractivity contribution < 1.29 is 38.6 Å². The maximum Gasteiger partial charge on any atom is 0.303 e. The molecule has 0 unspecified atom stereocenters. The van der Waals surface area contributed by atoms with Crippen LogP contribution in [-0.4, -0.2) is 97.5 Å². The van der Waals surface area contributed by atoms with Crippen molar-refractivity contribution in [3.05, 3.63) is 42.2 Å². The first-order chi connectivity index (χ1) is 20.5. The number of carboxylic acid groups (broad SMARTS) is 1. The highest BCUT2D eigenvalue weighted by Gasteiger charge is 2.41. The van der Waals surface area contributed by atoms with Gasteiger partial charge >= 0.3 is 11.9 Å². The summed E-state index contributed by atoms with van der Waals surface area (Å²) in [5.74, 6) is -4.11. The number of aromatic amines is 1. The molecule has 0 bridgehead atoms. The van der Waals surface area contributed by atoms with Gasteiger partial charge in [0.1, 0.15) is 18.2 Å². The van der Waals surface area contributed by atoms with Gasteiger partial charge in [-0.1, -0.05) is 61.9 Å². The average Bonchev–Trinajstić information content (AvgIpc) is 3.67. The minimum atomic E-state index is -1.14. The second kappa shape index (κ2) is 17.8. The summed E-state index contributed by atoms with van der Waals surface area (Å²) in [6, 6.07) is 10.0. The molecule has 3 rings (SSSR count). The van der Waals surface area contributed by atoms with Crippen molar-refractivity contribution in [3.8, 4) is 0 Å². The number of benzene rings is 1. The Balaban J connectivity index is 0.000000953. The van der Waals surface area contributed by atoms with Crippen LogP contribution in [0.2, 0.25) is 0 Å². The first kappa shape index (κ1) is 34.3. The van der Waals surface area contributed by atoms with E-state index in [2.05, 4.69) is 36.6 Å². The van der Waals surface area contributed by atoms with Gasteiger partial charge < -0.3 is 30.7 Å². The van der Waals surface area contributed by atoms with E-state index in [1.54, 1.807) is 6.92 Å². The van der Waals surface area contributed by atoms with Crippen LogP contribution in [0.15, 0.2) is 36.4 Å². The Labute approximate surface area is 248 Å². The van der Waals surface area contributed by atoms with E-state index >= 15 is 0 Å². The summed E-state index contributed by atoms with van der Waals surface area (Å²) in [4.78, 5) is 74.0. The van der Waals surface area contributed by atoms with E-state index in [0.29, 0.717) is 6.42 Å². The van der Waals surface area contributed by atoms with Gasteiger partial charge in [-0.2, -0.15) is 5.21 Å². The Hall–Kier alpha value is -4.89. The number of nitrogens with one attached hydrogen (secondary N) is 4. The van der Waals surface area contributed by atoms with E-state index in [-0.39, 0.29) is 44.1 Å². The highest BCUT2D eigenvalue weighted by atomic mass is 16.5. The van der Waals surface area contributed by atoms with Crippen LogP contribution >= 0.6 is 0 Å². The van der Waals surface area contributed by atoms with E-state index in [4.69, 9.17) is 9.84 Å². The van der Waals surface area contributed by atoms with Gasteiger partial charge in [0.05, 0.1) is 26.1 Å². The summed E-state index contributed by atoms with van der Waals surface area (Å²) in [6.07, 6.45) is -0.787. The van der Waals surface area contributed by atoms with Crippen LogP contribution in [0.3, 0.4) is 0 Å². The molecular formula is C27H38N8O8. The van der Waals surface area contributed by atoms with E-state index in [9.17, 15) is 28.8 Å². The number of aromatic nitrogens is 4. The van der Waals surface area contributed by atoms with Crippen LogP contribution in [0, 0.1) is 5.92 Å². The van der Waals surface area contributed by atoms with E-state index < -0.39 is 60.3 Å². The number of tetrazole rings is 1. The molecule has 1 aliphatic heterocycles. The summed E-state index contributed by atoms with van der Waals surface area (Å²) >= 11 is 0. The van der Waals surface area contributed by atoms with Crippen LogP contribution in [0.4, 0.5) is 0 Å². The fourth-order valence-corrected chi connectivity index (χ4v) is 4.11. The molecule has 1 aliphatic rings. The number of ether oxygens (including phenoxy) is 1. The number of carboxylic acids is 1. The second-order valence-corrected chi connectivity index (χ2v) is 9.77. The fraction of sp³-hybridized carbons (Fsp3) is 0.519. The van der Waals surface area contributed by atoms with E-state index in [0.717, 1.165) is 0 Å². The predicted octanol–water partition coefficient (Wildman–Crippen LogP) is -0.453. The fourth-order valence-electron chi connectivity index (χ4n) is 4.11. The summed E-state index contributed by atoms with van der Waals surface area (Å²) in [6.45, 7) is 4.21. The molecule has 1 aromatic carbocycles. The third kappa shape index (κ3) is 12.2. The van der Waals surface area contributed by atoms with Gasteiger partial charge in [-0.15, -0.1) is 10.2 Å².